The lowest BCUT2D eigenvalue weighted by atomic mass is 10.0. The van der Waals surface area contributed by atoms with Crippen molar-refractivity contribution in [2.45, 2.75) is 18.9 Å². The Kier molecular flexibility index (Phi) is 3.56. The number of fused-ring (bicyclic) bond motifs is 2. The number of aliphatic hydroxyl groups is 1. The molecule has 1 fully saturated rings. The van der Waals surface area contributed by atoms with Crippen LogP contribution in [0.25, 0.3) is 0 Å². The highest BCUT2D eigenvalue weighted by Gasteiger charge is 2.35. The van der Waals surface area contributed by atoms with Crippen molar-refractivity contribution in [2.75, 3.05) is 13.2 Å². The molecule has 2 aliphatic carbocycles. The van der Waals surface area contributed by atoms with Crippen molar-refractivity contribution in [3.05, 3.63) is 12.2 Å². The molecule has 0 aromatic rings. The predicted octanol–water partition coefficient (Wildman–Crippen LogP) is -0.0880. The topological polar surface area (TPSA) is 56.3 Å². The van der Waals surface area contributed by atoms with Crippen LogP contribution in [-0.2, 0) is 0 Å². The number of nitrogens with one attached hydrogen (secondary N) is 3. The first-order chi connectivity index (χ1) is 7.29. The number of hydrazine groups is 1. The maximum Gasteiger partial charge on any atom is 0.181 e. The van der Waals surface area contributed by atoms with Gasteiger partial charge < -0.3 is 10.4 Å². The van der Waals surface area contributed by atoms with Gasteiger partial charge in [-0.1, -0.05) is 12.2 Å². The molecule has 84 valence electrons. The Morgan fingerprint density at radius 3 is 2.87 bits per heavy atom. The highest BCUT2D eigenvalue weighted by Crippen LogP contribution is 2.38. The van der Waals surface area contributed by atoms with Gasteiger partial charge in [-0.25, -0.2) is 5.43 Å². The summed E-state index contributed by atoms with van der Waals surface area (Å²) in [6.07, 6.45) is 7.05. The number of thiocarbonyl (C=S) groups is 1. The Morgan fingerprint density at radius 1 is 1.40 bits per heavy atom. The van der Waals surface area contributed by atoms with Crippen molar-refractivity contribution in [3.8, 4) is 0 Å². The first-order valence-electron chi connectivity index (χ1n) is 5.38. The molecule has 2 bridgehead atoms. The van der Waals surface area contributed by atoms with E-state index in [-0.39, 0.29) is 6.61 Å². The quantitative estimate of drug-likeness (QED) is 0.234. The van der Waals surface area contributed by atoms with Gasteiger partial charge in [-0.3, -0.25) is 5.43 Å². The molecule has 4 nitrogen and oxygen atoms in total. The lowest BCUT2D eigenvalue weighted by molar-refractivity contribution is 0.289. The number of hydrogen-bond acceptors (Lipinski definition) is 3. The SMILES string of the molecule is OCCNNC(=S)N[C@H]1C[C@@H]2C=C[C@@H]1C2. The summed E-state index contributed by atoms with van der Waals surface area (Å²) < 4.78 is 0. The van der Waals surface area contributed by atoms with E-state index in [0.717, 1.165) is 5.92 Å². The lowest BCUT2D eigenvalue weighted by Gasteiger charge is -2.21. The summed E-state index contributed by atoms with van der Waals surface area (Å²) in [6, 6.07) is 0.482. The maximum absolute atomic E-state index is 8.57. The van der Waals surface area contributed by atoms with Gasteiger partial charge in [0.05, 0.1) is 6.61 Å². The van der Waals surface area contributed by atoms with E-state index in [0.29, 0.717) is 23.6 Å². The van der Waals surface area contributed by atoms with E-state index < -0.39 is 0 Å². The van der Waals surface area contributed by atoms with Crippen LogP contribution in [-0.4, -0.2) is 29.4 Å². The van der Waals surface area contributed by atoms with Gasteiger partial charge in [-0.05, 0) is 36.9 Å². The van der Waals surface area contributed by atoms with Crippen molar-refractivity contribution in [3.63, 3.8) is 0 Å². The Labute approximate surface area is 95.1 Å². The summed E-state index contributed by atoms with van der Waals surface area (Å²) in [5.74, 6) is 1.40. The van der Waals surface area contributed by atoms with Crippen LogP contribution in [0.3, 0.4) is 0 Å². The molecule has 2 aliphatic rings. The zero-order valence-electron chi connectivity index (χ0n) is 8.57. The number of hydrogen-bond donors (Lipinski definition) is 4. The molecule has 0 amide bonds. The molecule has 0 unspecified atom stereocenters. The summed E-state index contributed by atoms with van der Waals surface area (Å²) in [5.41, 5.74) is 5.69. The second kappa shape index (κ2) is 4.92. The molecule has 0 aromatic heterocycles. The van der Waals surface area contributed by atoms with Crippen molar-refractivity contribution in [2.24, 2.45) is 11.8 Å². The van der Waals surface area contributed by atoms with Crippen molar-refractivity contribution in [1.82, 2.24) is 16.2 Å². The molecular formula is C10H17N3OS. The fourth-order valence-corrected chi connectivity index (χ4v) is 2.57. The molecule has 3 atom stereocenters. The van der Waals surface area contributed by atoms with E-state index in [1.807, 2.05) is 0 Å². The highest BCUT2D eigenvalue weighted by atomic mass is 32.1. The van der Waals surface area contributed by atoms with E-state index in [9.17, 15) is 0 Å². The smallest absolute Gasteiger partial charge is 0.181 e. The Bertz CT molecular complexity index is 269. The summed E-state index contributed by atoms with van der Waals surface area (Å²) in [4.78, 5) is 0. The summed E-state index contributed by atoms with van der Waals surface area (Å²) in [5, 5.41) is 12.5. The molecule has 5 heteroatoms. The summed E-state index contributed by atoms with van der Waals surface area (Å²) in [7, 11) is 0. The zero-order valence-corrected chi connectivity index (χ0v) is 9.39. The van der Waals surface area contributed by atoms with E-state index in [1.54, 1.807) is 0 Å². The lowest BCUT2D eigenvalue weighted by Crippen LogP contribution is -2.49. The van der Waals surface area contributed by atoms with Gasteiger partial charge in [0.15, 0.2) is 5.11 Å². The molecule has 0 radical (unpaired) electrons. The van der Waals surface area contributed by atoms with Crippen LogP contribution >= 0.6 is 12.2 Å². The van der Waals surface area contributed by atoms with Crippen LogP contribution in [0.4, 0.5) is 0 Å². The molecule has 2 rings (SSSR count). The van der Waals surface area contributed by atoms with Crippen molar-refractivity contribution < 1.29 is 5.11 Å². The number of allylic oxidation sites excluding steroid dienone is 1. The van der Waals surface area contributed by atoms with E-state index >= 15 is 0 Å². The molecule has 0 aliphatic heterocycles. The van der Waals surface area contributed by atoms with Crippen LogP contribution in [0.2, 0.25) is 0 Å². The zero-order chi connectivity index (χ0) is 10.7. The molecular weight excluding hydrogens is 210 g/mol. The van der Waals surface area contributed by atoms with Gasteiger partial charge in [0.1, 0.15) is 0 Å². The Balaban J connectivity index is 1.69. The third-order valence-corrected chi connectivity index (χ3v) is 3.25. The van der Waals surface area contributed by atoms with E-state index in [1.165, 1.54) is 12.8 Å². The minimum Gasteiger partial charge on any atom is -0.395 e. The summed E-state index contributed by atoms with van der Waals surface area (Å²) in [6.45, 7) is 0.602. The van der Waals surface area contributed by atoms with Crippen LogP contribution < -0.4 is 16.2 Å². The monoisotopic (exact) mass is 227 g/mol. The normalized spacial score (nSPS) is 31.9. The first-order valence-corrected chi connectivity index (χ1v) is 5.79. The van der Waals surface area contributed by atoms with Gasteiger partial charge in [0.25, 0.3) is 0 Å². The molecule has 0 spiro atoms. The fraction of sp³-hybridized carbons (Fsp3) is 0.700. The average molecular weight is 227 g/mol. The Morgan fingerprint density at radius 2 is 2.27 bits per heavy atom. The van der Waals surface area contributed by atoms with Crippen LogP contribution in [0, 0.1) is 11.8 Å². The van der Waals surface area contributed by atoms with Crippen LogP contribution in [0.15, 0.2) is 12.2 Å². The second-order valence-corrected chi connectivity index (χ2v) is 4.54. The third kappa shape index (κ3) is 2.68. The van der Waals surface area contributed by atoms with Gasteiger partial charge in [0.2, 0.25) is 0 Å². The van der Waals surface area contributed by atoms with Gasteiger partial charge in [-0.2, -0.15) is 0 Å². The first kappa shape index (κ1) is 10.9. The summed E-state index contributed by atoms with van der Waals surface area (Å²) >= 11 is 5.13. The average Bonchev–Trinajstić information content (AvgIpc) is 2.79. The molecule has 0 heterocycles. The fourth-order valence-electron chi connectivity index (χ4n) is 2.35. The third-order valence-electron chi connectivity index (χ3n) is 3.03. The minimum absolute atomic E-state index is 0.104. The number of rotatable bonds is 4. The van der Waals surface area contributed by atoms with Gasteiger partial charge >= 0.3 is 0 Å². The second-order valence-electron chi connectivity index (χ2n) is 4.14. The van der Waals surface area contributed by atoms with Gasteiger partial charge in [0, 0.05) is 12.6 Å². The maximum atomic E-state index is 8.57. The molecule has 4 N–H and O–H groups in total. The van der Waals surface area contributed by atoms with Crippen LogP contribution in [0.1, 0.15) is 12.8 Å². The van der Waals surface area contributed by atoms with Gasteiger partial charge in [-0.15, -0.1) is 0 Å². The van der Waals surface area contributed by atoms with Crippen LogP contribution in [0.5, 0.6) is 0 Å². The van der Waals surface area contributed by atoms with Crippen molar-refractivity contribution >= 4 is 17.3 Å². The Hall–Kier alpha value is -0.650. The standard InChI is InChI=1S/C10H17N3OS/c14-4-3-11-13-10(15)12-9-6-7-1-2-8(9)5-7/h1-2,7-9,11,14H,3-6H2,(H2,12,13,15)/t7-,8-,9+/m1/s1. The predicted molar refractivity (Wildman–Crippen MR) is 63.1 cm³/mol. The van der Waals surface area contributed by atoms with E-state index in [4.69, 9.17) is 17.3 Å². The van der Waals surface area contributed by atoms with E-state index in [2.05, 4.69) is 28.3 Å². The minimum atomic E-state index is 0.104. The largest absolute Gasteiger partial charge is 0.395 e. The highest BCUT2D eigenvalue weighted by molar-refractivity contribution is 7.80. The molecule has 0 saturated heterocycles. The molecule has 15 heavy (non-hydrogen) atoms. The molecule has 0 aromatic carbocycles. The molecule has 1 saturated carbocycles. The van der Waals surface area contributed by atoms with Crippen molar-refractivity contribution in [1.29, 1.82) is 0 Å². The number of aliphatic hydroxyl groups excluding tert-OH is 1.